The Labute approximate surface area is 108 Å². The normalized spacial score (nSPS) is 9.82. The van der Waals surface area contributed by atoms with Gasteiger partial charge in [0, 0.05) is 16.6 Å². The van der Waals surface area contributed by atoms with Crippen molar-refractivity contribution in [1.29, 1.82) is 0 Å². The maximum Gasteiger partial charge on any atom is 0.307 e. The van der Waals surface area contributed by atoms with Crippen LogP contribution in [0.3, 0.4) is 0 Å². The topological polar surface area (TPSA) is 55.4 Å². The van der Waals surface area contributed by atoms with E-state index in [-0.39, 0.29) is 24.8 Å². The van der Waals surface area contributed by atoms with E-state index in [1.165, 1.54) is 7.11 Å². The highest BCUT2D eigenvalue weighted by atomic mass is 79.9. The van der Waals surface area contributed by atoms with Crippen LogP contribution in [0, 0.1) is 6.92 Å². The molecule has 0 spiro atoms. The second kappa shape index (κ2) is 6.39. The summed E-state index contributed by atoms with van der Waals surface area (Å²) in [6, 6.07) is 5.42. The fourth-order valence-electron chi connectivity index (χ4n) is 1.33. The van der Waals surface area contributed by atoms with Crippen LogP contribution in [0.2, 0.25) is 0 Å². The van der Waals surface area contributed by atoms with E-state index in [1.54, 1.807) is 12.1 Å². The van der Waals surface area contributed by atoms with Crippen LogP contribution in [0.25, 0.3) is 0 Å². The van der Waals surface area contributed by atoms with Crippen molar-refractivity contribution in [2.75, 3.05) is 13.7 Å². The van der Waals surface area contributed by atoms with Gasteiger partial charge in [-0.2, -0.15) is 0 Å². The molecule has 1 aromatic carbocycles. The van der Waals surface area contributed by atoms with Crippen LogP contribution in [0.15, 0.2) is 22.7 Å². The van der Waals surface area contributed by atoms with Crippen LogP contribution in [0.4, 0.5) is 0 Å². The van der Waals surface area contributed by atoms with Gasteiger partial charge in [0.25, 0.3) is 5.91 Å². The summed E-state index contributed by atoms with van der Waals surface area (Å²) in [6.45, 7) is 2.14. The van der Waals surface area contributed by atoms with Gasteiger partial charge in [-0.3, -0.25) is 9.59 Å². The van der Waals surface area contributed by atoms with E-state index in [0.29, 0.717) is 5.56 Å². The predicted octanol–water partition coefficient (Wildman–Crippen LogP) is 2.05. The van der Waals surface area contributed by atoms with Gasteiger partial charge < -0.3 is 10.1 Å². The van der Waals surface area contributed by atoms with Crippen LogP contribution < -0.4 is 5.32 Å². The first-order valence-corrected chi connectivity index (χ1v) is 5.95. The molecule has 0 saturated carbocycles. The minimum Gasteiger partial charge on any atom is -0.469 e. The molecule has 0 radical (unpaired) electrons. The van der Waals surface area contributed by atoms with E-state index in [1.807, 2.05) is 13.0 Å². The number of hydrogen-bond acceptors (Lipinski definition) is 3. The van der Waals surface area contributed by atoms with Crippen molar-refractivity contribution in [2.45, 2.75) is 13.3 Å². The van der Waals surface area contributed by atoms with E-state index >= 15 is 0 Å². The van der Waals surface area contributed by atoms with Gasteiger partial charge in [0.1, 0.15) is 0 Å². The first kappa shape index (κ1) is 13.7. The third-order valence-corrected chi connectivity index (χ3v) is 3.21. The lowest BCUT2D eigenvalue weighted by Gasteiger charge is -2.08. The molecule has 1 rings (SSSR count). The zero-order valence-corrected chi connectivity index (χ0v) is 11.3. The Morgan fingerprint density at radius 1 is 1.41 bits per heavy atom. The molecule has 0 aromatic heterocycles. The highest BCUT2D eigenvalue weighted by molar-refractivity contribution is 9.10. The summed E-state index contributed by atoms with van der Waals surface area (Å²) in [6.07, 6.45) is 0.176. The fourth-order valence-corrected chi connectivity index (χ4v) is 1.70. The lowest BCUT2D eigenvalue weighted by atomic mass is 10.1. The Morgan fingerprint density at radius 3 is 2.76 bits per heavy atom. The summed E-state index contributed by atoms with van der Waals surface area (Å²) in [7, 11) is 1.32. The minimum absolute atomic E-state index is 0.176. The Kier molecular flexibility index (Phi) is 5.15. The number of nitrogens with one attached hydrogen (secondary N) is 1. The molecule has 0 atom stereocenters. The molecular weight excluding hydrogens is 286 g/mol. The van der Waals surface area contributed by atoms with Gasteiger partial charge in [-0.1, -0.05) is 22.0 Å². The van der Waals surface area contributed by atoms with Crippen LogP contribution in [-0.4, -0.2) is 25.5 Å². The number of methoxy groups -OCH3 is 1. The zero-order valence-electron chi connectivity index (χ0n) is 9.75. The highest BCUT2D eigenvalue weighted by Crippen LogP contribution is 2.19. The molecule has 0 unspecified atom stereocenters. The van der Waals surface area contributed by atoms with Crippen molar-refractivity contribution in [2.24, 2.45) is 0 Å². The van der Waals surface area contributed by atoms with Gasteiger partial charge in [0.05, 0.1) is 13.5 Å². The number of carbonyl (C=O) groups is 2. The van der Waals surface area contributed by atoms with E-state index in [2.05, 4.69) is 26.0 Å². The lowest BCUT2D eigenvalue weighted by molar-refractivity contribution is -0.140. The molecule has 0 saturated heterocycles. The molecule has 17 heavy (non-hydrogen) atoms. The van der Waals surface area contributed by atoms with Crippen LogP contribution in [0.1, 0.15) is 22.3 Å². The molecule has 0 aliphatic heterocycles. The molecule has 1 aromatic rings. The standard InChI is InChI=1S/C12H14BrNO3/c1-8-9(4-3-5-10(8)13)12(16)14-7-6-11(15)17-2/h3-5H,6-7H2,1-2H3,(H,14,16). The largest absolute Gasteiger partial charge is 0.469 e. The first-order chi connectivity index (χ1) is 8.06. The Balaban J connectivity index is 2.59. The average molecular weight is 300 g/mol. The van der Waals surface area contributed by atoms with Crippen LogP contribution >= 0.6 is 15.9 Å². The van der Waals surface area contributed by atoms with Crippen molar-refractivity contribution in [1.82, 2.24) is 5.32 Å². The Bertz CT molecular complexity index is 432. The molecule has 5 heteroatoms. The second-order valence-electron chi connectivity index (χ2n) is 3.49. The van der Waals surface area contributed by atoms with E-state index in [9.17, 15) is 9.59 Å². The van der Waals surface area contributed by atoms with Gasteiger partial charge in [0.15, 0.2) is 0 Å². The molecule has 0 heterocycles. The Hall–Kier alpha value is -1.36. The monoisotopic (exact) mass is 299 g/mol. The maximum atomic E-state index is 11.8. The van der Waals surface area contributed by atoms with Gasteiger partial charge >= 0.3 is 5.97 Å². The number of amides is 1. The summed E-state index contributed by atoms with van der Waals surface area (Å²) in [4.78, 5) is 22.7. The number of ether oxygens (including phenoxy) is 1. The SMILES string of the molecule is COC(=O)CCNC(=O)c1cccc(Br)c1C. The second-order valence-corrected chi connectivity index (χ2v) is 4.35. The molecule has 0 aliphatic carbocycles. The van der Waals surface area contributed by atoms with E-state index < -0.39 is 0 Å². The lowest BCUT2D eigenvalue weighted by Crippen LogP contribution is -2.27. The van der Waals surface area contributed by atoms with Gasteiger partial charge in [-0.15, -0.1) is 0 Å². The van der Waals surface area contributed by atoms with Gasteiger partial charge in [-0.25, -0.2) is 0 Å². The summed E-state index contributed by atoms with van der Waals surface area (Å²) >= 11 is 3.36. The van der Waals surface area contributed by atoms with Crippen molar-refractivity contribution < 1.29 is 14.3 Å². The molecule has 0 fully saturated rings. The first-order valence-electron chi connectivity index (χ1n) is 5.16. The fraction of sp³-hybridized carbons (Fsp3) is 0.333. The van der Waals surface area contributed by atoms with Gasteiger partial charge in [-0.05, 0) is 24.6 Å². The zero-order chi connectivity index (χ0) is 12.8. The van der Waals surface area contributed by atoms with Crippen molar-refractivity contribution in [3.05, 3.63) is 33.8 Å². The number of carbonyl (C=O) groups excluding carboxylic acids is 2. The van der Waals surface area contributed by atoms with Crippen molar-refractivity contribution >= 4 is 27.8 Å². The van der Waals surface area contributed by atoms with Crippen molar-refractivity contribution in [3.8, 4) is 0 Å². The molecule has 1 amide bonds. The third-order valence-electron chi connectivity index (χ3n) is 2.35. The minimum atomic E-state index is -0.337. The number of hydrogen-bond donors (Lipinski definition) is 1. The number of rotatable bonds is 4. The summed E-state index contributed by atoms with van der Waals surface area (Å²) in [5.41, 5.74) is 1.48. The van der Waals surface area contributed by atoms with Gasteiger partial charge in [0.2, 0.25) is 0 Å². The number of benzene rings is 1. The summed E-state index contributed by atoms with van der Waals surface area (Å²) in [5.74, 6) is -0.524. The molecular formula is C12H14BrNO3. The molecule has 1 N–H and O–H groups in total. The molecule has 0 bridgehead atoms. The predicted molar refractivity (Wildman–Crippen MR) is 67.8 cm³/mol. The quantitative estimate of drug-likeness (QED) is 0.866. The van der Waals surface area contributed by atoms with E-state index in [4.69, 9.17) is 0 Å². The molecule has 92 valence electrons. The molecule has 0 aliphatic rings. The molecule has 4 nitrogen and oxygen atoms in total. The maximum absolute atomic E-state index is 11.8. The van der Waals surface area contributed by atoms with E-state index in [0.717, 1.165) is 10.0 Å². The number of esters is 1. The van der Waals surface area contributed by atoms with Crippen LogP contribution in [-0.2, 0) is 9.53 Å². The Morgan fingerprint density at radius 2 is 2.12 bits per heavy atom. The van der Waals surface area contributed by atoms with Crippen LogP contribution in [0.5, 0.6) is 0 Å². The summed E-state index contributed by atoms with van der Waals surface area (Å²) in [5, 5.41) is 2.67. The van der Waals surface area contributed by atoms with Crippen molar-refractivity contribution in [3.63, 3.8) is 0 Å². The smallest absolute Gasteiger partial charge is 0.307 e. The number of halogens is 1. The highest BCUT2D eigenvalue weighted by Gasteiger charge is 2.10. The summed E-state index contributed by atoms with van der Waals surface area (Å²) < 4.78 is 5.37. The average Bonchev–Trinajstić information content (AvgIpc) is 2.32. The third kappa shape index (κ3) is 3.85.